The Morgan fingerprint density at radius 1 is 1.26 bits per heavy atom. The highest BCUT2D eigenvalue weighted by atomic mass is 16.6. The number of aromatic nitrogens is 4. The summed E-state index contributed by atoms with van der Waals surface area (Å²) in [4.78, 5) is 12.4. The van der Waals surface area contributed by atoms with Crippen molar-refractivity contribution in [1.29, 1.82) is 0 Å². The Morgan fingerprint density at radius 3 is 2.57 bits per heavy atom. The van der Waals surface area contributed by atoms with Gasteiger partial charge in [0.25, 0.3) is 0 Å². The summed E-state index contributed by atoms with van der Waals surface area (Å²) in [6.45, 7) is 0. The van der Waals surface area contributed by atoms with Gasteiger partial charge in [-0.1, -0.05) is 0 Å². The van der Waals surface area contributed by atoms with Gasteiger partial charge in [-0.15, -0.1) is 0 Å². The first kappa shape index (κ1) is 16.2. The predicted molar refractivity (Wildman–Crippen MR) is 87.3 cm³/mol. The van der Waals surface area contributed by atoms with E-state index in [1.165, 1.54) is 6.33 Å². The maximum absolute atomic E-state index is 10.4. The fourth-order valence-corrected chi connectivity index (χ4v) is 3.00. The lowest BCUT2D eigenvalue weighted by Gasteiger charge is -2.29. The molecule has 0 saturated carbocycles. The molecule has 3 heterocycles. The minimum atomic E-state index is -1.10. The Bertz CT molecular complexity index is 706. The molecule has 122 valence electrons. The summed E-state index contributed by atoms with van der Waals surface area (Å²) in [5, 5.41) is 9.27. The number of hydrogen-bond donors (Lipinski definition) is 2. The molecule has 3 N–H and O–H groups in total. The summed E-state index contributed by atoms with van der Waals surface area (Å²) in [5.74, 6) is 0.294. The smallest absolute Gasteiger partial charge is 0.167 e. The summed E-state index contributed by atoms with van der Waals surface area (Å²) in [7, 11) is 6.48. The number of nitrogens with two attached hydrogens (primary N) is 1. The Labute approximate surface area is 135 Å². The van der Waals surface area contributed by atoms with Crippen LogP contribution in [0.15, 0.2) is 12.7 Å². The van der Waals surface area contributed by atoms with E-state index in [1.54, 1.807) is 40.8 Å². The van der Waals surface area contributed by atoms with Crippen molar-refractivity contribution in [3.05, 3.63) is 12.7 Å². The van der Waals surface area contributed by atoms with Crippen molar-refractivity contribution >= 4 is 32.7 Å². The van der Waals surface area contributed by atoms with Gasteiger partial charge in [0.05, 0.1) is 6.33 Å². The molecule has 11 heteroatoms. The van der Waals surface area contributed by atoms with E-state index in [0.717, 1.165) is 0 Å². The lowest BCUT2D eigenvalue weighted by atomic mass is 9.61. The average molecular weight is 319 g/mol. The molecule has 2 aromatic rings. The molecule has 1 fully saturated rings. The van der Waals surface area contributed by atoms with Crippen molar-refractivity contribution in [2.24, 2.45) is 0 Å². The van der Waals surface area contributed by atoms with Crippen molar-refractivity contribution in [3.8, 4) is 0 Å². The van der Waals surface area contributed by atoms with Crippen LogP contribution in [0.4, 0.5) is 5.82 Å². The number of rotatable bonds is 4. The van der Waals surface area contributed by atoms with Crippen LogP contribution in [0.25, 0.3) is 11.2 Å². The minimum Gasteiger partial charge on any atom is -0.405 e. The lowest BCUT2D eigenvalue weighted by molar-refractivity contribution is -0.0791. The van der Waals surface area contributed by atoms with E-state index in [4.69, 9.17) is 19.9 Å². The summed E-state index contributed by atoms with van der Waals surface area (Å²) in [5.41, 5.74) is 6.85. The summed E-state index contributed by atoms with van der Waals surface area (Å²) in [6.07, 6.45) is 0.936. The molecular formula is C12H19B2N5O4. The summed E-state index contributed by atoms with van der Waals surface area (Å²) < 4.78 is 18.9. The van der Waals surface area contributed by atoms with Gasteiger partial charge in [0.1, 0.15) is 45.8 Å². The molecule has 1 aliphatic heterocycles. The summed E-state index contributed by atoms with van der Waals surface area (Å²) in [6, 6.07) is 0. The zero-order chi connectivity index (χ0) is 16.8. The number of anilines is 1. The normalized spacial score (nSPS) is 28.5. The van der Waals surface area contributed by atoms with Crippen LogP contribution in [-0.4, -0.2) is 78.2 Å². The van der Waals surface area contributed by atoms with Crippen LogP contribution >= 0.6 is 0 Å². The van der Waals surface area contributed by atoms with E-state index in [0.29, 0.717) is 17.0 Å². The van der Waals surface area contributed by atoms with Crippen LogP contribution < -0.4 is 5.73 Å². The third-order valence-corrected chi connectivity index (χ3v) is 4.09. The number of methoxy groups -OCH3 is 2. The molecule has 0 aliphatic carbocycles. The van der Waals surface area contributed by atoms with Crippen molar-refractivity contribution < 1.29 is 19.3 Å². The van der Waals surface area contributed by atoms with Crippen LogP contribution in [-0.2, 0) is 14.2 Å². The third-order valence-electron chi connectivity index (χ3n) is 4.09. The van der Waals surface area contributed by atoms with Crippen LogP contribution in [0.2, 0.25) is 0 Å². The van der Waals surface area contributed by atoms with Gasteiger partial charge in [0.2, 0.25) is 0 Å². The molecule has 0 amide bonds. The molecule has 0 spiro atoms. The molecule has 3 rings (SSSR count). The van der Waals surface area contributed by atoms with E-state index < -0.39 is 29.9 Å². The first-order valence-electron chi connectivity index (χ1n) is 7.25. The molecule has 0 radical (unpaired) electrons. The molecule has 9 nitrogen and oxygen atoms in total. The Balaban J connectivity index is 2.05. The van der Waals surface area contributed by atoms with Gasteiger partial charge in [-0.25, -0.2) is 15.0 Å². The second-order valence-corrected chi connectivity index (χ2v) is 6.08. The SMILES string of the molecule is BC(B)(O)C1OC(n2cnc3c(N)ncnc32)C(OC)C1OC. The first-order valence-corrected chi connectivity index (χ1v) is 7.25. The van der Waals surface area contributed by atoms with Crippen LogP contribution in [0, 0.1) is 0 Å². The Hall–Kier alpha value is -1.68. The zero-order valence-electron chi connectivity index (χ0n) is 13.5. The second kappa shape index (κ2) is 5.75. The van der Waals surface area contributed by atoms with Gasteiger partial charge in [0.15, 0.2) is 17.7 Å². The molecule has 23 heavy (non-hydrogen) atoms. The molecule has 1 saturated heterocycles. The number of ether oxygens (including phenoxy) is 3. The van der Waals surface area contributed by atoms with Gasteiger partial charge < -0.3 is 25.1 Å². The Morgan fingerprint density at radius 2 is 1.96 bits per heavy atom. The summed E-state index contributed by atoms with van der Waals surface area (Å²) >= 11 is 0. The van der Waals surface area contributed by atoms with Crippen LogP contribution in [0.3, 0.4) is 0 Å². The van der Waals surface area contributed by atoms with Crippen molar-refractivity contribution in [1.82, 2.24) is 19.5 Å². The highest BCUT2D eigenvalue weighted by molar-refractivity contribution is 6.39. The van der Waals surface area contributed by atoms with Gasteiger partial charge in [-0.2, -0.15) is 0 Å². The number of nitrogen functional groups attached to an aromatic ring is 1. The number of hydrogen-bond acceptors (Lipinski definition) is 8. The molecule has 2 aromatic heterocycles. The fourth-order valence-electron chi connectivity index (χ4n) is 3.00. The largest absolute Gasteiger partial charge is 0.405 e. The second-order valence-electron chi connectivity index (χ2n) is 6.08. The molecule has 4 atom stereocenters. The van der Waals surface area contributed by atoms with Gasteiger partial charge in [0, 0.05) is 19.6 Å². The van der Waals surface area contributed by atoms with E-state index in [9.17, 15) is 5.11 Å². The molecule has 0 aromatic carbocycles. The first-order chi connectivity index (χ1) is 10.9. The van der Waals surface area contributed by atoms with Gasteiger partial charge in [-0.05, 0) is 0 Å². The van der Waals surface area contributed by atoms with Crippen LogP contribution in [0.1, 0.15) is 6.23 Å². The Kier molecular flexibility index (Phi) is 4.05. The van der Waals surface area contributed by atoms with Crippen LogP contribution in [0.5, 0.6) is 0 Å². The predicted octanol–water partition coefficient (Wildman–Crippen LogP) is -2.75. The number of aliphatic hydroxyl groups is 1. The maximum atomic E-state index is 10.4. The minimum absolute atomic E-state index is 0.294. The standard InChI is InChI=1S/C12H19B2N5O4/c1-21-6-7(22-2)11(23-8(6)12(13,14)20)19-4-18-5-9(15)16-3-17-10(5)19/h3-4,6-8,11,20H,13-14H2,1-2H3,(H2,15,16,17). The van der Waals surface area contributed by atoms with Crippen molar-refractivity contribution in [3.63, 3.8) is 0 Å². The highest BCUT2D eigenvalue weighted by Gasteiger charge is 2.51. The monoisotopic (exact) mass is 319 g/mol. The molecular weight excluding hydrogens is 300 g/mol. The van der Waals surface area contributed by atoms with E-state index >= 15 is 0 Å². The lowest BCUT2D eigenvalue weighted by Crippen LogP contribution is -2.51. The quantitative estimate of drug-likeness (QED) is 0.583. The highest BCUT2D eigenvalue weighted by Crippen LogP contribution is 2.37. The average Bonchev–Trinajstić information content (AvgIpc) is 3.07. The maximum Gasteiger partial charge on any atom is 0.167 e. The number of fused-ring (bicyclic) bond motifs is 1. The molecule has 4 unspecified atom stereocenters. The van der Waals surface area contributed by atoms with E-state index in [1.807, 2.05) is 0 Å². The molecule has 0 bridgehead atoms. The number of nitrogens with zero attached hydrogens (tertiary/aromatic N) is 4. The topological polar surface area (TPSA) is 118 Å². The van der Waals surface area contributed by atoms with Crippen molar-refractivity contribution in [2.45, 2.75) is 29.9 Å². The zero-order valence-corrected chi connectivity index (χ0v) is 13.5. The van der Waals surface area contributed by atoms with E-state index in [2.05, 4.69) is 15.0 Å². The van der Waals surface area contributed by atoms with E-state index in [-0.39, 0.29) is 0 Å². The third kappa shape index (κ3) is 2.59. The molecule has 1 aliphatic rings. The fraction of sp³-hybridized carbons (Fsp3) is 0.583. The van der Waals surface area contributed by atoms with Gasteiger partial charge in [-0.3, -0.25) is 4.57 Å². The van der Waals surface area contributed by atoms with Gasteiger partial charge >= 0.3 is 0 Å². The number of imidazole rings is 1. The van der Waals surface area contributed by atoms with Crippen molar-refractivity contribution in [2.75, 3.05) is 20.0 Å².